The van der Waals surface area contributed by atoms with Crippen LogP contribution < -0.4 is 10.1 Å². The van der Waals surface area contributed by atoms with Gasteiger partial charge < -0.3 is 10.1 Å². The van der Waals surface area contributed by atoms with E-state index in [2.05, 4.69) is 54.7 Å². The molecule has 1 N–H and O–H groups in total. The molecule has 0 aliphatic carbocycles. The van der Waals surface area contributed by atoms with Gasteiger partial charge in [0, 0.05) is 11.6 Å². The summed E-state index contributed by atoms with van der Waals surface area (Å²) in [5.74, 6) is 0.954. The number of aryl methyl sites for hydroxylation is 1. The lowest BCUT2D eigenvalue weighted by Crippen LogP contribution is -2.20. The Bertz CT molecular complexity index is 510. The van der Waals surface area contributed by atoms with E-state index in [0.29, 0.717) is 6.04 Å². The van der Waals surface area contributed by atoms with Gasteiger partial charge in [0.05, 0.1) is 7.11 Å². The van der Waals surface area contributed by atoms with Crippen molar-refractivity contribution in [3.63, 3.8) is 0 Å². The third-order valence-corrected chi connectivity index (χ3v) is 3.54. The summed E-state index contributed by atoms with van der Waals surface area (Å²) in [6.45, 7) is 3.19. The molecule has 0 bridgehead atoms. The number of ether oxygens (including phenoxy) is 1. The van der Waals surface area contributed by atoms with Gasteiger partial charge in [-0.3, -0.25) is 0 Å². The number of methoxy groups -OCH3 is 1. The van der Waals surface area contributed by atoms with E-state index in [1.54, 1.807) is 7.11 Å². The number of benzene rings is 2. The van der Waals surface area contributed by atoms with E-state index in [-0.39, 0.29) is 0 Å². The van der Waals surface area contributed by atoms with E-state index < -0.39 is 0 Å². The van der Waals surface area contributed by atoms with Gasteiger partial charge >= 0.3 is 0 Å². The Balaban J connectivity index is 1.79. The molecular weight excluding hydrogens is 246 g/mol. The second-order valence-corrected chi connectivity index (χ2v) is 5.01. The lowest BCUT2D eigenvalue weighted by Gasteiger charge is -2.17. The highest BCUT2D eigenvalue weighted by atomic mass is 16.5. The van der Waals surface area contributed by atoms with Crippen molar-refractivity contribution in [1.82, 2.24) is 5.32 Å². The van der Waals surface area contributed by atoms with Gasteiger partial charge in [-0.1, -0.05) is 48.5 Å². The second-order valence-electron chi connectivity index (χ2n) is 5.01. The standard InChI is InChI=1S/C18H23NO/c1-15(17-12-6-7-13-18(17)20-2)19-14-8-11-16-9-4-3-5-10-16/h3-7,9-10,12-13,15,19H,8,11,14H2,1-2H3/t15-/m0/s1. The normalized spacial score (nSPS) is 12.1. The summed E-state index contributed by atoms with van der Waals surface area (Å²) in [4.78, 5) is 0. The van der Waals surface area contributed by atoms with Crippen LogP contribution in [0.2, 0.25) is 0 Å². The fourth-order valence-corrected chi connectivity index (χ4v) is 2.39. The minimum absolute atomic E-state index is 0.307. The number of nitrogens with one attached hydrogen (secondary N) is 1. The first-order chi connectivity index (χ1) is 9.81. The fourth-order valence-electron chi connectivity index (χ4n) is 2.39. The van der Waals surface area contributed by atoms with Gasteiger partial charge in [0.25, 0.3) is 0 Å². The van der Waals surface area contributed by atoms with Crippen LogP contribution in [0.5, 0.6) is 5.75 Å². The predicted molar refractivity (Wildman–Crippen MR) is 84.2 cm³/mol. The van der Waals surface area contributed by atoms with E-state index in [4.69, 9.17) is 4.74 Å². The Morgan fingerprint density at radius 1 is 1.00 bits per heavy atom. The lowest BCUT2D eigenvalue weighted by molar-refractivity contribution is 0.401. The molecule has 2 heteroatoms. The summed E-state index contributed by atoms with van der Waals surface area (Å²) in [7, 11) is 1.72. The molecule has 2 aromatic rings. The van der Waals surface area contributed by atoms with Gasteiger partial charge in [-0.15, -0.1) is 0 Å². The molecule has 0 aliphatic heterocycles. The summed E-state index contributed by atoms with van der Waals surface area (Å²) in [6, 6.07) is 19.1. The first-order valence-electron chi connectivity index (χ1n) is 7.21. The van der Waals surface area contributed by atoms with E-state index in [1.807, 2.05) is 12.1 Å². The van der Waals surface area contributed by atoms with Crippen LogP contribution in [0.4, 0.5) is 0 Å². The van der Waals surface area contributed by atoms with Crippen LogP contribution in [-0.4, -0.2) is 13.7 Å². The van der Waals surface area contributed by atoms with Crippen LogP contribution in [0.25, 0.3) is 0 Å². The lowest BCUT2D eigenvalue weighted by atomic mass is 10.1. The third-order valence-electron chi connectivity index (χ3n) is 3.54. The molecule has 0 aromatic heterocycles. The van der Waals surface area contributed by atoms with Crippen LogP contribution in [0.15, 0.2) is 54.6 Å². The van der Waals surface area contributed by atoms with Gasteiger partial charge in [-0.2, -0.15) is 0 Å². The molecule has 0 unspecified atom stereocenters. The van der Waals surface area contributed by atoms with Crippen LogP contribution in [-0.2, 0) is 6.42 Å². The Kier molecular flexibility index (Phi) is 5.63. The maximum atomic E-state index is 5.40. The van der Waals surface area contributed by atoms with Crippen molar-refractivity contribution in [2.45, 2.75) is 25.8 Å². The molecule has 0 fully saturated rings. The topological polar surface area (TPSA) is 21.3 Å². The molecule has 1 atom stereocenters. The second kappa shape index (κ2) is 7.71. The summed E-state index contributed by atoms with van der Waals surface area (Å²) in [6.07, 6.45) is 2.26. The first-order valence-corrected chi connectivity index (χ1v) is 7.21. The van der Waals surface area contributed by atoms with Crippen LogP contribution >= 0.6 is 0 Å². The minimum atomic E-state index is 0.307. The molecule has 0 amide bonds. The van der Waals surface area contributed by atoms with Crippen LogP contribution in [0, 0.1) is 0 Å². The SMILES string of the molecule is COc1ccccc1[C@H](C)NCCCc1ccccc1. The zero-order chi connectivity index (χ0) is 14.2. The number of hydrogen-bond donors (Lipinski definition) is 1. The summed E-state index contributed by atoms with van der Waals surface area (Å²) in [5, 5.41) is 3.56. The molecule has 0 spiro atoms. The molecule has 0 aliphatic rings. The molecule has 2 aromatic carbocycles. The van der Waals surface area contributed by atoms with E-state index >= 15 is 0 Å². The van der Waals surface area contributed by atoms with Crippen molar-refractivity contribution >= 4 is 0 Å². The highest BCUT2D eigenvalue weighted by molar-refractivity contribution is 5.35. The molecular formula is C18H23NO. The van der Waals surface area contributed by atoms with Crippen molar-refractivity contribution in [3.8, 4) is 5.75 Å². The number of hydrogen-bond acceptors (Lipinski definition) is 2. The maximum Gasteiger partial charge on any atom is 0.123 e. The molecule has 0 radical (unpaired) electrons. The fraction of sp³-hybridized carbons (Fsp3) is 0.333. The predicted octanol–water partition coefficient (Wildman–Crippen LogP) is 3.98. The van der Waals surface area contributed by atoms with Gasteiger partial charge in [-0.25, -0.2) is 0 Å². The Morgan fingerprint density at radius 3 is 2.45 bits per heavy atom. The highest BCUT2D eigenvalue weighted by Gasteiger charge is 2.09. The Labute approximate surface area is 121 Å². The molecule has 0 saturated carbocycles. The van der Waals surface area contributed by atoms with Gasteiger partial charge in [0.1, 0.15) is 5.75 Å². The van der Waals surface area contributed by atoms with Crippen molar-refractivity contribution in [3.05, 3.63) is 65.7 Å². The summed E-state index contributed by atoms with van der Waals surface area (Å²) >= 11 is 0. The third kappa shape index (κ3) is 4.10. The molecule has 20 heavy (non-hydrogen) atoms. The Hall–Kier alpha value is -1.80. The first kappa shape index (κ1) is 14.6. The minimum Gasteiger partial charge on any atom is -0.496 e. The van der Waals surface area contributed by atoms with Gasteiger partial charge in [-0.05, 0) is 37.9 Å². The van der Waals surface area contributed by atoms with Crippen molar-refractivity contribution in [1.29, 1.82) is 0 Å². The van der Waals surface area contributed by atoms with Crippen molar-refractivity contribution < 1.29 is 4.74 Å². The molecule has 106 valence electrons. The Morgan fingerprint density at radius 2 is 1.70 bits per heavy atom. The van der Waals surface area contributed by atoms with Crippen molar-refractivity contribution in [2.24, 2.45) is 0 Å². The van der Waals surface area contributed by atoms with E-state index in [0.717, 1.165) is 25.1 Å². The zero-order valence-corrected chi connectivity index (χ0v) is 12.3. The van der Waals surface area contributed by atoms with Gasteiger partial charge in [0.2, 0.25) is 0 Å². The average molecular weight is 269 g/mol. The smallest absolute Gasteiger partial charge is 0.123 e. The average Bonchev–Trinajstić information content (AvgIpc) is 2.52. The largest absolute Gasteiger partial charge is 0.496 e. The summed E-state index contributed by atoms with van der Waals surface area (Å²) in [5.41, 5.74) is 2.62. The number of rotatable bonds is 7. The van der Waals surface area contributed by atoms with Crippen LogP contribution in [0.1, 0.15) is 30.5 Å². The molecule has 2 rings (SSSR count). The highest BCUT2D eigenvalue weighted by Crippen LogP contribution is 2.24. The van der Waals surface area contributed by atoms with Crippen molar-refractivity contribution in [2.75, 3.05) is 13.7 Å². The van der Waals surface area contributed by atoms with Gasteiger partial charge in [0.15, 0.2) is 0 Å². The maximum absolute atomic E-state index is 5.40. The number of para-hydroxylation sites is 1. The zero-order valence-electron chi connectivity index (χ0n) is 12.3. The summed E-state index contributed by atoms with van der Waals surface area (Å²) < 4.78 is 5.40. The monoisotopic (exact) mass is 269 g/mol. The molecule has 0 heterocycles. The quantitative estimate of drug-likeness (QED) is 0.768. The molecule has 0 saturated heterocycles. The molecule has 2 nitrogen and oxygen atoms in total. The van der Waals surface area contributed by atoms with E-state index in [1.165, 1.54) is 11.1 Å². The van der Waals surface area contributed by atoms with E-state index in [9.17, 15) is 0 Å². The van der Waals surface area contributed by atoms with Crippen LogP contribution in [0.3, 0.4) is 0 Å².